The van der Waals surface area contributed by atoms with Crippen molar-refractivity contribution in [2.75, 3.05) is 19.7 Å². The first-order valence-electron chi connectivity index (χ1n) is 8.76. The van der Waals surface area contributed by atoms with Crippen LogP contribution in [0.25, 0.3) is 0 Å². The van der Waals surface area contributed by atoms with Crippen LogP contribution in [0.2, 0.25) is 0 Å². The van der Waals surface area contributed by atoms with Crippen LogP contribution in [0.15, 0.2) is 4.99 Å². The number of aliphatic hydroxyl groups is 1. The summed E-state index contributed by atoms with van der Waals surface area (Å²) in [7, 11) is 0. The first-order valence-corrected chi connectivity index (χ1v) is 8.76. The number of hydrogen-bond donors (Lipinski definition) is 3. The van der Waals surface area contributed by atoms with Crippen molar-refractivity contribution in [3.63, 3.8) is 0 Å². The molecule has 136 valence electrons. The standard InChI is InChI=1S/C17H33N3O2.HI/c1-6-17(21,7-2)11-19-15(18-8-3)20-13-12-9-10-22-14(12)16(13,4)5;/h12-14,21H,6-11H2,1-5H3,(H2,18,19,20);1H. The van der Waals surface area contributed by atoms with E-state index in [1.165, 1.54) is 0 Å². The molecule has 2 aliphatic rings. The maximum atomic E-state index is 10.4. The summed E-state index contributed by atoms with van der Waals surface area (Å²) in [6.07, 6.45) is 2.94. The van der Waals surface area contributed by atoms with Gasteiger partial charge in [0.2, 0.25) is 0 Å². The van der Waals surface area contributed by atoms with E-state index in [-0.39, 0.29) is 29.4 Å². The maximum absolute atomic E-state index is 10.4. The summed E-state index contributed by atoms with van der Waals surface area (Å²) in [6.45, 7) is 12.7. The molecule has 2 fully saturated rings. The molecule has 0 spiro atoms. The highest BCUT2D eigenvalue weighted by molar-refractivity contribution is 14.0. The van der Waals surface area contributed by atoms with Crippen molar-refractivity contribution in [2.24, 2.45) is 16.3 Å². The van der Waals surface area contributed by atoms with E-state index in [1.54, 1.807) is 0 Å². The molecule has 1 saturated heterocycles. The highest BCUT2D eigenvalue weighted by Gasteiger charge is 2.59. The normalized spacial score (nSPS) is 29.3. The van der Waals surface area contributed by atoms with Crippen LogP contribution in [-0.2, 0) is 4.74 Å². The molecule has 2 rings (SSSR count). The Hall–Kier alpha value is -0.0800. The van der Waals surface area contributed by atoms with E-state index in [1.807, 2.05) is 13.8 Å². The van der Waals surface area contributed by atoms with Crippen molar-refractivity contribution in [3.8, 4) is 0 Å². The molecule has 3 N–H and O–H groups in total. The van der Waals surface area contributed by atoms with Gasteiger partial charge in [0.25, 0.3) is 0 Å². The number of guanidine groups is 1. The Morgan fingerprint density at radius 1 is 1.30 bits per heavy atom. The Bertz CT molecular complexity index is 411. The molecule has 0 radical (unpaired) electrons. The topological polar surface area (TPSA) is 65.9 Å². The minimum Gasteiger partial charge on any atom is -0.388 e. The van der Waals surface area contributed by atoms with Gasteiger partial charge in [-0.15, -0.1) is 24.0 Å². The van der Waals surface area contributed by atoms with Gasteiger partial charge in [0.1, 0.15) is 0 Å². The zero-order valence-electron chi connectivity index (χ0n) is 15.2. The lowest BCUT2D eigenvalue weighted by atomic mass is 9.57. The van der Waals surface area contributed by atoms with Crippen LogP contribution in [0, 0.1) is 11.3 Å². The van der Waals surface area contributed by atoms with E-state index in [0.717, 1.165) is 38.4 Å². The number of hydrogen-bond acceptors (Lipinski definition) is 3. The fourth-order valence-corrected chi connectivity index (χ4v) is 3.78. The highest BCUT2D eigenvalue weighted by Crippen LogP contribution is 2.52. The van der Waals surface area contributed by atoms with Crippen LogP contribution in [-0.4, -0.2) is 48.5 Å². The summed E-state index contributed by atoms with van der Waals surface area (Å²) in [5.41, 5.74) is -0.570. The van der Waals surface area contributed by atoms with Crippen LogP contribution in [0.4, 0.5) is 0 Å². The molecule has 1 saturated carbocycles. The fraction of sp³-hybridized carbons (Fsp3) is 0.941. The number of nitrogens with zero attached hydrogens (tertiary/aromatic N) is 1. The Labute approximate surface area is 158 Å². The van der Waals surface area contributed by atoms with E-state index in [4.69, 9.17) is 4.74 Å². The van der Waals surface area contributed by atoms with Crippen molar-refractivity contribution in [1.29, 1.82) is 0 Å². The molecule has 1 aliphatic heterocycles. The molecule has 5 nitrogen and oxygen atoms in total. The molecule has 0 aromatic rings. The number of rotatable bonds is 6. The molecule has 0 aromatic heterocycles. The number of ether oxygens (including phenoxy) is 1. The summed E-state index contributed by atoms with van der Waals surface area (Å²) in [5, 5.41) is 17.3. The molecular formula is C17H34IN3O2. The van der Waals surface area contributed by atoms with Gasteiger partial charge in [-0.1, -0.05) is 27.7 Å². The molecular weight excluding hydrogens is 405 g/mol. The number of nitrogens with one attached hydrogen (secondary N) is 2. The lowest BCUT2D eigenvalue weighted by Gasteiger charge is -2.55. The average molecular weight is 439 g/mol. The van der Waals surface area contributed by atoms with Crippen LogP contribution in [0.3, 0.4) is 0 Å². The first-order chi connectivity index (χ1) is 10.4. The van der Waals surface area contributed by atoms with Crippen molar-refractivity contribution >= 4 is 29.9 Å². The van der Waals surface area contributed by atoms with Gasteiger partial charge in [-0.3, -0.25) is 4.99 Å². The Morgan fingerprint density at radius 2 is 1.96 bits per heavy atom. The Kier molecular flexibility index (Phi) is 7.60. The third-order valence-corrected chi connectivity index (χ3v) is 5.58. The molecule has 3 atom stereocenters. The summed E-state index contributed by atoms with van der Waals surface area (Å²) in [5.74, 6) is 1.39. The second-order valence-electron chi connectivity index (χ2n) is 7.31. The van der Waals surface area contributed by atoms with E-state index in [0.29, 0.717) is 24.6 Å². The zero-order chi connectivity index (χ0) is 16.4. The molecule has 0 amide bonds. The molecule has 1 heterocycles. The van der Waals surface area contributed by atoms with Crippen molar-refractivity contribution in [2.45, 2.75) is 71.6 Å². The molecule has 6 heteroatoms. The van der Waals surface area contributed by atoms with Crippen molar-refractivity contribution in [3.05, 3.63) is 0 Å². The second kappa shape index (κ2) is 8.34. The molecule has 0 aromatic carbocycles. The molecule has 23 heavy (non-hydrogen) atoms. The van der Waals surface area contributed by atoms with Crippen LogP contribution < -0.4 is 10.6 Å². The van der Waals surface area contributed by atoms with Gasteiger partial charge in [-0.2, -0.15) is 0 Å². The van der Waals surface area contributed by atoms with Crippen molar-refractivity contribution < 1.29 is 9.84 Å². The van der Waals surface area contributed by atoms with Crippen LogP contribution in [0.5, 0.6) is 0 Å². The number of halogens is 1. The summed E-state index contributed by atoms with van der Waals surface area (Å²) in [6, 6.07) is 0.383. The Balaban J connectivity index is 0.00000264. The summed E-state index contributed by atoms with van der Waals surface area (Å²) >= 11 is 0. The van der Waals surface area contributed by atoms with Gasteiger partial charge in [-0.05, 0) is 26.2 Å². The largest absolute Gasteiger partial charge is 0.388 e. The molecule has 3 unspecified atom stereocenters. The predicted molar refractivity (Wildman–Crippen MR) is 105 cm³/mol. The third-order valence-electron chi connectivity index (χ3n) is 5.58. The maximum Gasteiger partial charge on any atom is 0.191 e. The molecule has 0 bridgehead atoms. The fourth-order valence-electron chi connectivity index (χ4n) is 3.78. The van der Waals surface area contributed by atoms with Crippen molar-refractivity contribution in [1.82, 2.24) is 10.6 Å². The second-order valence-corrected chi connectivity index (χ2v) is 7.31. The summed E-state index contributed by atoms with van der Waals surface area (Å²) in [4.78, 5) is 4.63. The van der Waals surface area contributed by atoms with Crippen LogP contribution >= 0.6 is 24.0 Å². The zero-order valence-corrected chi connectivity index (χ0v) is 17.5. The van der Waals surface area contributed by atoms with Gasteiger partial charge in [0.05, 0.1) is 18.2 Å². The first kappa shape index (κ1) is 21.0. The van der Waals surface area contributed by atoms with E-state index in [9.17, 15) is 5.11 Å². The lowest BCUT2D eigenvalue weighted by molar-refractivity contribution is -0.106. The average Bonchev–Trinajstić information content (AvgIpc) is 2.96. The minimum absolute atomic E-state index is 0. The smallest absolute Gasteiger partial charge is 0.191 e. The summed E-state index contributed by atoms with van der Waals surface area (Å²) < 4.78 is 5.85. The quantitative estimate of drug-likeness (QED) is 0.338. The van der Waals surface area contributed by atoms with E-state index >= 15 is 0 Å². The van der Waals surface area contributed by atoms with Crippen LogP contribution in [0.1, 0.15) is 53.9 Å². The van der Waals surface area contributed by atoms with Gasteiger partial charge >= 0.3 is 0 Å². The highest BCUT2D eigenvalue weighted by atomic mass is 127. The predicted octanol–water partition coefficient (Wildman–Crippen LogP) is 2.52. The third kappa shape index (κ3) is 4.31. The van der Waals surface area contributed by atoms with Gasteiger partial charge in [0, 0.05) is 30.5 Å². The van der Waals surface area contributed by atoms with Gasteiger partial charge in [0.15, 0.2) is 5.96 Å². The number of aliphatic imine (C=N–C) groups is 1. The SMILES string of the molecule is CCNC(=NCC(O)(CC)CC)NC1C2CCOC2C1(C)C.I. The van der Waals surface area contributed by atoms with Gasteiger partial charge < -0.3 is 20.5 Å². The lowest BCUT2D eigenvalue weighted by Crippen LogP contribution is -2.68. The van der Waals surface area contributed by atoms with E-state index in [2.05, 4.69) is 36.4 Å². The van der Waals surface area contributed by atoms with E-state index < -0.39 is 5.60 Å². The minimum atomic E-state index is -0.698. The Morgan fingerprint density at radius 3 is 2.52 bits per heavy atom. The molecule has 1 aliphatic carbocycles. The monoisotopic (exact) mass is 439 g/mol. The van der Waals surface area contributed by atoms with Gasteiger partial charge in [-0.25, -0.2) is 0 Å². The number of fused-ring (bicyclic) bond motifs is 1.